The zero-order valence-corrected chi connectivity index (χ0v) is 19.7. The minimum atomic E-state index is 0.0869. The number of nitrogens with one attached hydrogen (secondary N) is 1. The van der Waals surface area contributed by atoms with Gasteiger partial charge in [-0.3, -0.25) is 14.7 Å². The molecule has 0 unspecified atom stereocenters. The number of aryl methyl sites for hydroxylation is 1. The van der Waals surface area contributed by atoms with Crippen LogP contribution in [0.15, 0.2) is 42.7 Å². The zero-order chi connectivity index (χ0) is 23.3. The second-order valence-corrected chi connectivity index (χ2v) is 9.25. The molecule has 34 heavy (non-hydrogen) atoms. The highest BCUT2D eigenvalue weighted by atomic mass is 16.5. The highest BCUT2D eigenvalue weighted by Crippen LogP contribution is 2.27. The SMILES string of the molecule is Cc1ccc2ncccc2c1NC(=O)CC1CCN(Cc2ccnc(N3CCOCC3)n2)CC1. The van der Waals surface area contributed by atoms with E-state index in [9.17, 15) is 4.79 Å². The van der Waals surface area contributed by atoms with Gasteiger partial charge in [-0.2, -0.15) is 0 Å². The van der Waals surface area contributed by atoms with Crippen LogP contribution < -0.4 is 10.2 Å². The Bertz CT molecular complexity index is 1140. The van der Waals surface area contributed by atoms with E-state index in [1.165, 1.54) is 0 Å². The van der Waals surface area contributed by atoms with Crippen LogP contribution in [0.4, 0.5) is 11.6 Å². The maximum atomic E-state index is 12.9. The molecule has 8 heteroatoms. The molecular formula is C26H32N6O2. The lowest BCUT2D eigenvalue weighted by Gasteiger charge is -2.32. The first-order valence-corrected chi connectivity index (χ1v) is 12.2. The fourth-order valence-electron chi connectivity index (χ4n) is 4.85. The smallest absolute Gasteiger partial charge is 0.225 e. The van der Waals surface area contributed by atoms with Crippen LogP contribution in [0.5, 0.6) is 0 Å². The van der Waals surface area contributed by atoms with Gasteiger partial charge < -0.3 is 15.0 Å². The number of carbonyl (C=O) groups excluding carboxylic acids is 1. The van der Waals surface area contributed by atoms with Gasteiger partial charge in [0.25, 0.3) is 0 Å². The lowest BCUT2D eigenvalue weighted by Crippen LogP contribution is -2.38. The molecule has 0 aliphatic carbocycles. The number of hydrogen-bond donors (Lipinski definition) is 1. The minimum Gasteiger partial charge on any atom is -0.378 e. The molecule has 5 rings (SSSR count). The standard InChI is InChI=1S/C26H32N6O2/c1-19-4-5-23-22(3-2-9-27-23)25(19)30-24(33)17-20-7-11-31(12-8-20)18-21-6-10-28-26(29-21)32-13-15-34-16-14-32/h2-6,9-10,20H,7-8,11-18H2,1H3,(H,30,33). The van der Waals surface area contributed by atoms with E-state index in [1.54, 1.807) is 6.20 Å². The number of likely N-dealkylation sites (tertiary alicyclic amines) is 1. The lowest BCUT2D eigenvalue weighted by molar-refractivity contribution is -0.117. The van der Waals surface area contributed by atoms with Crippen LogP contribution in [0.1, 0.15) is 30.5 Å². The summed E-state index contributed by atoms with van der Waals surface area (Å²) in [5.74, 6) is 1.29. The number of pyridine rings is 1. The number of rotatable bonds is 6. The van der Waals surface area contributed by atoms with E-state index in [0.29, 0.717) is 12.3 Å². The quantitative estimate of drug-likeness (QED) is 0.604. The molecule has 8 nitrogen and oxygen atoms in total. The summed E-state index contributed by atoms with van der Waals surface area (Å²) in [4.78, 5) is 31.1. The summed E-state index contributed by atoms with van der Waals surface area (Å²) in [6.07, 6.45) is 6.23. The molecule has 2 aliphatic heterocycles. The summed E-state index contributed by atoms with van der Waals surface area (Å²) in [7, 11) is 0. The van der Waals surface area contributed by atoms with Gasteiger partial charge in [-0.25, -0.2) is 9.97 Å². The number of benzene rings is 1. The van der Waals surface area contributed by atoms with Crippen molar-refractivity contribution >= 4 is 28.4 Å². The Morgan fingerprint density at radius 2 is 1.88 bits per heavy atom. The number of ether oxygens (including phenoxy) is 1. The van der Waals surface area contributed by atoms with Crippen LogP contribution in [0.3, 0.4) is 0 Å². The van der Waals surface area contributed by atoms with Crippen molar-refractivity contribution in [3.63, 3.8) is 0 Å². The molecule has 0 saturated carbocycles. The zero-order valence-electron chi connectivity index (χ0n) is 19.7. The molecule has 2 saturated heterocycles. The number of aromatic nitrogens is 3. The molecule has 0 atom stereocenters. The van der Waals surface area contributed by atoms with Gasteiger partial charge in [0.2, 0.25) is 11.9 Å². The van der Waals surface area contributed by atoms with Crippen molar-refractivity contribution < 1.29 is 9.53 Å². The van der Waals surface area contributed by atoms with Crippen LogP contribution >= 0.6 is 0 Å². The summed E-state index contributed by atoms with van der Waals surface area (Å²) in [5, 5.41) is 4.16. The second-order valence-electron chi connectivity index (χ2n) is 9.25. The number of piperidine rings is 1. The van der Waals surface area contributed by atoms with Gasteiger partial charge in [-0.05, 0) is 68.6 Å². The van der Waals surface area contributed by atoms with Crippen LogP contribution in [0.25, 0.3) is 10.9 Å². The summed E-state index contributed by atoms with van der Waals surface area (Å²) < 4.78 is 5.43. The fourth-order valence-corrected chi connectivity index (χ4v) is 4.85. The average Bonchev–Trinajstić information content (AvgIpc) is 2.88. The Morgan fingerprint density at radius 1 is 1.06 bits per heavy atom. The van der Waals surface area contributed by atoms with Crippen LogP contribution in [0.2, 0.25) is 0 Å². The van der Waals surface area contributed by atoms with Gasteiger partial charge in [0.15, 0.2) is 0 Å². The number of hydrogen-bond acceptors (Lipinski definition) is 7. The topological polar surface area (TPSA) is 83.5 Å². The van der Waals surface area contributed by atoms with Crippen LogP contribution in [0, 0.1) is 12.8 Å². The Labute approximate surface area is 200 Å². The van der Waals surface area contributed by atoms with E-state index in [2.05, 4.69) is 25.1 Å². The minimum absolute atomic E-state index is 0.0869. The summed E-state index contributed by atoms with van der Waals surface area (Å²) in [6, 6.07) is 9.94. The van der Waals surface area contributed by atoms with Gasteiger partial charge >= 0.3 is 0 Å². The van der Waals surface area contributed by atoms with Crippen molar-refractivity contribution in [1.82, 2.24) is 19.9 Å². The maximum Gasteiger partial charge on any atom is 0.225 e. The third kappa shape index (κ3) is 5.34. The Kier molecular flexibility index (Phi) is 6.97. The molecule has 1 aromatic carbocycles. The molecule has 2 aromatic heterocycles. The van der Waals surface area contributed by atoms with E-state index in [-0.39, 0.29) is 5.91 Å². The maximum absolute atomic E-state index is 12.9. The Morgan fingerprint density at radius 3 is 2.71 bits per heavy atom. The van der Waals surface area contributed by atoms with Crippen molar-refractivity contribution in [2.45, 2.75) is 32.7 Å². The molecule has 3 aromatic rings. The molecule has 1 amide bonds. The van der Waals surface area contributed by atoms with Gasteiger partial charge in [-0.15, -0.1) is 0 Å². The predicted octanol–water partition coefficient (Wildman–Crippen LogP) is 3.41. The number of amides is 1. The van der Waals surface area contributed by atoms with Gasteiger partial charge in [-0.1, -0.05) is 6.07 Å². The first-order valence-electron chi connectivity index (χ1n) is 12.2. The number of anilines is 2. The molecular weight excluding hydrogens is 428 g/mol. The normalized spacial score (nSPS) is 17.7. The molecule has 4 heterocycles. The van der Waals surface area contributed by atoms with E-state index in [4.69, 9.17) is 9.72 Å². The van der Waals surface area contributed by atoms with E-state index < -0.39 is 0 Å². The third-order valence-electron chi connectivity index (χ3n) is 6.82. The summed E-state index contributed by atoms with van der Waals surface area (Å²) in [6.45, 7) is 7.94. The fraction of sp³-hybridized carbons (Fsp3) is 0.462. The highest BCUT2D eigenvalue weighted by molar-refractivity contribution is 6.02. The third-order valence-corrected chi connectivity index (χ3v) is 6.82. The van der Waals surface area contributed by atoms with Crippen LogP contribution in [-0.4, -0.2) is 65.2 Å². The van der Waals surface area contributed by atoms with Crippen LogP contribution in [-0.2, 0) is 16.1 Å². The molecule has 2 fully saturated rings. The van der Waals surface area contributed by atoms with Crippen molar-refractivity contribution in [2.24, 2.45) is 5.92 Å². The van der Waals surface area contributed by atoms with Crippen molar-refractivity contribution in [2.75, 3.05) is 49.6 Å². The van der Waals surface area contributed by atoms with Gasteiger partial charge in [0, 0.05) is 43.8 Å². The highest BCUT2D eigenvalue weighted by Gasteiger charge is 2.23. The van der Waals surface area contributed by atoms with E-state index in [0.717, 1.165) is 92.6 Å². The molecule has 1 N–H and O–H groups in total. The number of morpholine rings is 1. The first kappa shape index (κ1) is 22.7. The first-order chi connectivity index (χ1) is 16.7. The number of nitrogens with zero attached hydrogens (tertiary/aromatic N) is 5. The van der Waals surface area contributed by atoms with Crippen molar-refractivity contribution in [3.8, 4) is 0 Å². The van der Waals surface area contributed by atoms with E-state index >= 15 is 0 Å². The molecule has 0 bridgehead atoms. The monoisotopic (exact) mass is 460 g/mol. The van der Waals surface area contributed by atoms with Crippen molar-refractivity contribution in [1.29, 1.82) is 0 Å². The molecule has 2 aliphatic rings. The Balaban J connectivity index is 1.13. The second kappa shape index (κ2) is 10.4. The number of carbonyl (C=O) groups is 1. The average molecular weight is 461 g/mol. The Hall–Kier alpha value is -3.10. The lowest BCUT2D eigenvalue weighted by atomic mass is 9.93. The predicted molar refractivity (Wildman–Crippen MR) is 133 cm³/mol. The van der Waals surface area contributed by atoms with Crippen molar-refractivity contribution in [3.05, 3.63) is 54.0 Å². The molecule has 0 spiro atoms. The summed E-state index contributed by atoms with van der Waals surface area (Å²) in [5.41, 5.74) is 3.89. The molecule has 0 radical (unpaired) electrons. The number of fused-ring (bicyclic) bond motifs is 1. The van der Waals surface area contributed by atoms with E-state index in [1.807, 2.05) is 43.5 Å². The molecule has 178 valence electrons. The van der Waals surface area contributed by atoms with Gasteiger partial charge in [0.1, 0.15) is 0 Å². The largest absolute Gasteiger partial charge is 0.378 e. The van der Waals surface area contributed by atoms with Gasteiger partial charge in [0.05, 0.1) is 30.1 Å². The summed E-state index contributed by atoms with van der Waals surface area (Å²) >= 11 is 0.